The van der Waals surface area contributed by atoms with Crippen LogP contribution in [-0.4, -0.2) is 4.57 Å². The fourth-order valence-electron chi connectivity index (χ4n) is 1.96. The Balaban J connectivity index is 2.13. The second-order valence-corrected chi connectivity index (χ2v) is 6.01. The van der Waals surface area contributed by atoms with Gasteiger partial charge in [0.25, 0.3) is 0 Å². The second-order valence-electron chi connectivity index (χ2n) is 4.23. The molecule has 3 aromatic rings. The van der Waals surface area contributed by atoms with Crippen molar-refractivity contribution in [3.63, 3.8) is 0 Å². The molecule has 0 fully saturated rings. The fourth-order valence-corrected chi connectivity index (χ4v) is 3.71. The van der Waals surface area contributed by atoms with E-state index in [1.54, 1.807) is 22.7 Å². The van der Waals surface area contributed by atoms with E-state index >= 15 is 0 Å². The van der Waals surface area contributed by atoms with E-state index in [1.165, 1.54) is 10.6 Å². The van der Waals surface area contributed by atoms with Crippen LogP contribution in [0.3, 0.4) is 0 Å². The summed E-state index contributed by atoms with van der Waals surface area (Å²) >= 11 is 3.41. The third-order valence-corrected chi connectivity index (χ3v) is 4.62. The first-order valence-corrected chi connectivity index (χ1v) is 8.07. The van der Waals surface area contributed by atoms with Gasteiger partial charge in [-0.05, 0) is 23.6 Å². The zero-order chi connectivity index (χ0) is 13.8. The van der Waals surface area contributed by atoms with Gasteiger partial charge in [-0.15, -0.1) is 29.3 Å². The van der Waals surface area contributed by atoms with Gasteiger partial charge in [0.1, 0.15) is 0 Å². The van der Waals surface area contributed by atoms with Crippen molar-refractivity contribution >= 4 is 28.4 Å². The van der Waals surface area contributed by atoms with E-state index in [4.69, 9.17) is 4.99 Å². The Bertz CT molecular complexity index is 749. The molecule has 0 saturated heterocycles. The first-order valence-electron chi connectivity index (χ1n) is 6.31. The summed E-state index contributed by atoms with van der Waals surface area (Å²) in [7, 11) is 0. The summed E-state index contributed by atoms with van der Waals surface area (Å²) in [6, 6.07) is 14.3. The number of thiophene rings is 1. The minimum atomic E-state index is 0.766. The number of para-hydroxylation sites is 1. The number of aromatic nitrogens is 1. The summed E-state index contributed by atoms with van der Waals surface area (Å²) in [6.07, 6.45) is 1.91. The smallest absolute Gasteiger partial charge is 0.190 e. The third-order valence-electron chi connectivity index (χ3n) is 2.86. The molecule has 0 aliphatic heterocycles. The molecule has 0 radical (unpaired) electrons. The molecule has 0 N–H and O–H groups in total. The molecular formula is C16H14N2S2. The maximum Gasteiger partial charge on any atom is 0.190 e. The largest absolute Gasteiger partial charge is 0.312 e. The van der Waals surface area contributed by atoms with Gasteiger partial charge >= 0.3 is 0 Å². The Hall–Kier alpha value is -1.91. The molecule has 0 aliphatic rings. The van der Waals surface area contributed by atoms with E-state index in [9.17, 15) is 0 Å². The van der Waals surface area contributed by atoms with E-state index in [0.717, 1.165) is 17.0 Å². The topological polar surface area (TPSA) is 17.3 Å². The number of allylic oxidation sites excluding steroid dienone is 1. The van der Waals surface area contributed by atoms with E-state index in [2.05, 4.69) is 34.0 Å². The summed E-state index contributed by atoms with van der Waals surface area (Å²) < 4.78 is 2.20. The van der Waals surface area contributed by atoms with Crippen LogP contribution in [0.25, 0.3) is 10.6 Å². The summed E-state index contributed by atoms with van der Waals surface area (Å²) in [5, 5.41) is 4.26. The Morgan fingerprint density at radius 2 is 1.95 bits per heavy atom. The van der Waals surface area contributed by atoms with E-state index in [-0.39, 0.29) is 0 Å². The number of hydrogen-bond donors (Lipinski definition) is 0. The van der Waals surface area contributed by atoms with Crippen LogP contribution in [0, 0.1) is 0 Å². The monoisotopic (exact) mass is 298 g/mol. The second kappa shape index (κ2) is 6.03. The minimum Gasteiger partial charge on any atom is -0.312 e. The van der Waals surface area contributed by atoms with Gasteiger partial charge in [-0.3, -0.25) is 0 Å². The SMILES string of the molecule is C=CCn1c(-c2cccs2)csc1=Nc1ccccc1. The molecule has 0 atom stereocenters. The highest BCUT2D eigenvalue weighted by molar-refractivity contribution is 7.14. The lowest BCUT2D eigenvalue weighted by Crippen LogP contribution is -2.14. The highest BCUT2D eigenvalue weighted by Gasteiger charge is 2.07. The normalized spacial score (nSPS) is 11.7. The number of thiazole rings is 1. The molecule has 2 nitrogen and oxygen atoms in total. The van der Waals surface area contributed by atoms with Crippen LogP contribution in [0.2, 0.25) is 0 Å². The van der Waals surface area contributed by atoms with Gasteiger partial charge in [-0.25, -0.2) is 4.99 Å². The van der Waals surface area contributed by atoms with Crippen LogP contribution < -0.4 is 4.80 Å². The third kappa shape index (κ3) is 2.66. The molecule has 20 heavy (non-hydrogen) atoms. The lowest BCUT2D eigenvalue weighted by atomic mass is 10.3. The van der Waals surface area contributed by atoms with Crippen molar-refractivity contribution in [2.45, 2.75) is 6.54 Å². The minimum absolute atomic E-state index is 0.766. The molecule has 2 aromatic heterocycles. The number of nitrogens with zero attached hydrogens (tertiary/aromatic N) is 2. The quantitative estimate of drug-likeness (QED) is 0.621. The Morgan fingerprint density at radius 1 is 1.10 bits per heavy atom. The molecule has 1 aromatic carbocycles. The van der Waals surface area contributed by atoms with Crippen molar-refractivity contribution < 1.29 is 0 Å². The first-order chi connectivity index (χ1) is 9.88. The maximum atomic E-state index is 4.73. The van der Waals surface area contributed by atoms with Crippen molar-refractivity contribution in [3.05, 3.63) is 70.7 Å². The standard InChI is InChI=1S/C16H14N2S2/c1-2-10-18-14(15-9-6-11-19-15)12-20-16(18)17-13-7-4-3-5-8-13/h2-9,11-12H,1,10H2. The molecule has 4 heteroatoms. The van der Waals surface area contributed by atoms with Gasteiger partial charge in [0, 0.05) is 11.9 Å². The van der Waals surface area contributed by atoms with Gasteiger partial charge in [-0.1, -0.05) is 30.3 Å². The van der Waals surface area contributed by atoms with Crippen molar-refractivity contribution in [1.82, 2.24) is 4.57 Å². The van der Waals surface area contributed by atoms with E-state index in [1.807, 2.05) is 36.4 Å². The van der Waals surface area contributed by atoms with Gasteiger partial charge in [0.2, 0.25) is 0 Å². The van der Waals surface area contributed by atoms with Crippen LogP contribution in [0.15, 0.2) is 70.9 Å². The highest BCUT2D eigenvalue weighted by Crippen LogP contribution is 2.25. The summed E-state index contributed by atoms with van der Waals surface area (Å²) in [5.41, 5.74) is 2.18. The molecule has 100 valence electrons. The Morgan fingerprint density at radius 3 is 2.65 bits per heavy atom. The van der Waals surface area contributed by atoms with Crippen LogP contribution in [-0.2, 0) is 6.54 Å². The predicted molar refractivity (Wildman–Crippen MR) is 87.5 cm³/mol. The molecule has 2 heterocycles. The molecule has 0 saturated carbocycles. The van der Waals surface area contributed by atoms with Gasteiger partial charge < -0.3 is 4.57 Å². The lowest BCUT2D eigenvalue weighted by Gasteiger charge is -2.04. The van der Waals surface area contributed by atoms with Crippen LogP contribution in [0.1, 0.15) is 0 Å². The number of hydrogen-bond acceptors (Lipinski definition) is 3. The van der Waals surface area contributed by atoms with Crippen LogP contribution in [0.5, 0.6) is 0 Å². The van der Waals surface area contributed by atoms with Crippen LogP contribution >= 0.6 is 22.7 Å². The highest BCUT2D eigenvalue weighted by atomic mass is 32.1. The van der Waals surface area contributed by atoms with Crippen molar-refractivity contribution in [2.75, 3.05) is 0 Å². The van der Waals surface area contributed by atoms with Gasteiger partial charge in [0.15, 0.2) is 4.80 Å². The average Bonchev–Trinajstić information content (AvgIpc) is 3.11. The fraction of sp³-hybridized carbons (Fsp3) is 0.0625. The average molecular weight is 298 g/mol. The summed E-state index contributed by atoms with van der Waals surface area (Å²) in [4.78, 5) is 6.99. The molecule has 0 amide bonds. The maximum absolute atomic E-state index is 4.73. The zero-order valence-electron chi connectivity index (χ0n) is 10.9. The van der Waals surface area contributed by atoms with Crippen molar-refractivity contribution in [1.29, 1.82) is 0 Å². The van der Waals surface area contributed by atoms with Gasteiger partial charge in [-0.2, -0.15) is 0 Å². The molecule has 0 aliphatic carbocycles. The predicted octanol–water partition coefficient (Wildman–Crippen LogP) is 4.70. The molecule has 0 unspecified atom stereocenters. The molecular weight excluding hydrogens is 284 g/mol. The summed E-state index contributed by atoms with van der Waals surface area (Å²) in [6.45, 7) is 4.62. The van der Waals surface area contributed by atoms with Crippen molar-refractivity contribution in [3.8, 4) is 10.6 Å². The lowest BCUT2D eigenvalue weighted by molar-refractivity contribution is 0.802. The van der Waals surface area contributed by atoms with Gasteiger partial charge in [0.05, 0.1) is 16.3 Å². The van der Waals surface area contributed by atoms with Crippen molar-refractivity contribution in [2.24, 2.45) is 4.99 Å². The Kier molecular flexibility index (Phi) is 3.95. The molecule has 0 bridgehead atoms. The van der Waals surface area contributed by atoms with Crippen LogP contribution in [0.4, 0.5) is 5.69 Å². The summed E-state index contributed by atoms with van der Waals surface area (Å²) in [5.74, 6) is 0. The van der Waals surface area contributed by atoms with E-state index in [0.29, 0.717) is 0 Å². The number of rotatable bonds is 4. The zero-order valence-corrected chi connectivity index (χ0v) is 12.5. The number of benzene rings is 1. The Labute approximate surface area is 126 Å². The first kappa shape index (κ1) is 13.1. The molecule has 3 rings (SSSR count). The molecule has 0 spiro atoms. The van der Waals surface area contributed by atoms with E-state index < -0.39 is 0 Å².